The Bertz CT molecular complexity index is 699. The molecule has 1 heterocycles. The first-order chi connectivity index (χ1) is 10.6. The molecule has 0 unspecified atom stereocenters. The van der Waals surface area contributed by atoms with Gasteiger partial charge < -0.3 is 15.0 Å². The average Bonchev–Trinajstić information content (AvgIpc) is 2.39. The van der Waals surface area contributed by atoms with Crippen LogP contribution in [-0.2, 0) is 9.53 Å². The van der Waals surface area contributed by atoms with Gasteiger partial charge >= 0.3 is 6.09 Å². The van der Waals surface area contributed by atoms with E-state index in [2.05, 4.69) is 21.2 Å². The normalized spacial score (nSPS) is 16.9. The molecule has 124 valence electrons. The maximum atomic E-state index is 12.6. The van der Waals surface area contributed by atoms with Crippen molar-refractivity contribution in [3.8, 4) is 0 Å². The van der Waals surface area contributed by atoms with E-state index in [4.69, 9.17) is 16.3 Å². The molecular formula is C16H18BrClN2O3. The van der Waals surface area contributed by atoms with E-state index < -0.39 is 11.6 Å². The number of halogens is 2. The van der Waals surface area contributed by atoms with Gasteiger partial charge in [0.25, 0.3) is 5.91 Å². The minimum Gasteiger partial charge on any atom is -0.414 e. The third kappa shape index (κ3) is 4.06. The lowest BCUT2D eigenvalue weighted by Crippen LogP contribution is -2.48. The highest BCUT2D eigenvalue weighted by molar-refractivity contribution is 9.10. The number of benzene rings is 1. The van der Waals surface area contributed by atoms with Crippen molar-refractivity contribution in [3.05, 3.63) is 39.0 Å². The van der Waals surface area contributed by atoms with Crippen molar-refractivity contribution in [1.82, 2.24) is 10.2 Å². The van der Waals surface area contributed by atoms with Crippen LogP contribution in [0.1, 0.15) is 25.8 Å². The summed E-state index contributed by atoms with van der Waals surface area (Å²) in [4.78, 5) is 25.8. The lowest BCUT2D eigenvalue weighted by molar-refractivity contribution is -0.117. The Morgan fingerprint density at radius 1 is 1.39 bits per heavy atom. The summed E-state index contributed by atoms with van der Waals surface area (Å²) >= 11 is 9.60. The molecule has 0 saturated heterocycles. The van der Waals surface area contributed by atoms with Gasteiger partial charge in [-0.1, -0.05) is 33.6 Å². The molecule has 0 bridgehead atoms. The SMILES string of the molecule is CN(C)C(=O)OC1=C(c2ccc(Br)cc2Cl)C(=O)NC(C)(C)C1. The van der Waals surface area contributed by atoms with Crippen LogP contribution >= 0.6 is 27.5 Å². The first kappa shape index (κ1) is 17.8. The van der Waals surface area contributed by atoms with E-state index in [-0.39, 0.29) is 11.5 Å². The predicted molar refractivity (Wildman–Crippen MR) is 93.1 cm³/mol. The summed E-state index contributed by atoms with van der Waals surface area (Å²) in [5.41, 5.74) is 0.311. The molecule has 0 spiro atoms. The number of hydrogen-bond donors (Lipinski definition) is 1. The van der Waals surface area contributed by atoms with Gasteiger partial charge in [0.1, 0.15) is 5.76 Å². The molecule has 0 aromatic heterocycles. The van der Waals surface area contributed by atoms with E-state index in [9.17, 15) is 9.59 Å². The second-order valence-electron chi connectivity index (χ2n) is 6.20. The Kier molecular flexibility index (Phi) is 5.06. The molecule has 0 saturated carbocycles. The second-order valence-corrected chi connectivity index (χ2v) is 7.52. The summed E-state index contributed by atoms with van der Waals surface area (Å²) in [6.45, 7) is 3.74. The van der Waals surface area contributed by atoms with Crippen LogP contribution in [0, 0.1) is 0 Å². The number of nitrogens with one attached hydrogen (secondary N) is 1. The summed E-state index contributed by atoms with van der Waals surface area (Å²) in [6, 6.07) is 5.21. The number of ether oxygens (including phenoxy) is 1. The van der Waals surface area contributed by atoms with E-state index in [0.717, 1.165) is 4.47 Å². The van der Waals surface area contributed by atoms with Crippen LogP contribution in [-0.4, -0.2) is 36.5 Å². The van der Waals surface area contributed by atoms with Crippen LogP contribution in [0.4, 0.5) is 4.79 Å². The zero-order valence-corrected chi connectivity index (χ0v) is 15.7. The highest BCUT2D eigenvalue weighted by Crippen LogP contribution is 2.35. The Hall–Kier alpha value is -1.53. The summed E-state index contributed by atoms with van der Waals surface area (Å²) < 4.78 is 6.25. The zero-order valence-electron chi connectivity index (χ0n) is 13.4. The predicted octanol–water partition coefficient (Wildman–Crippen LogP) is 3.81. The number of amides is 2. The van der Waals surface area contributed by atoms with Crippen LogP contribution in [0.15, 0.2) is 28.4 Å². The number of carbonyl (C=O) groups is 2. The van der Waals surface area contributed by atoms with Crippen molar-refractivity contribution in [2.45, 2.75) is 25.8 Å². The third-order valence-electron chi connectivity index (χ3n) is 3.34. The molecule has 0 fully saturated rings. The molecule has 23 heavy (non-hydrogen) atoms. The Labute approximate surface area is 148 Å². The fraction of sp³-hybridized carbons (Fsp3) is 0.375. The topological polar surface area (TPSA) is 58.6 Å². The first-order valence-electron chi connectivity index (χ1n) is 7.01. The van der Waals surface area contributed by atoms with Crippen LogP contribution < -0.4 is 5.32 Å². The van der Waals surface area contributed by atoms with Gasteiger partial charge in [0.05, 0.1) is 5.57 Å². The molecule has 0 atom stereocenters. The minimum atomic E-state index is -0.531. The van der Waals surface area contributed by atoms with Crippen molar-refractivity contribution in [3.63, 3.8) is 0 Å². The van der Waals surface area contributed by atoms with Gasteiger partial charge in [-0.05, 0) is 26.0 Å². The smallest absolute Gasteiger partial charge is 0.414 e. The van der Waals surface area contributed by atoms with Crippen LogP contribution in [0.3, 0.4) is 0 Å². The Morgan fingerprint density at radius 2 is 2.04 bits per heavy atom. The maximum absolute atomic E-state index is 12.6. The van der Waals surface area contributed by atoms with Crippen molar-refractivity contribution >= 4 is 45.1 Å². The van der Waals surface area contributed by atoms with Gasteiger partial charge in [-0.2, -0.15) is 0 Å². The summed E-state index contributed by atoms with van der Waals surface area (Å²) in [5.74, 6) is 0.00806. The highest BCUT2D eigenvalue weighted by Gasteiger charge is 2.35. The van der Waals surface area contributed by atoms with E-state index in [1.165, 1.54) is 4.90 Å². The maximum Gasteiger partial charge on any atom is 0.414 e. The van der Waals surface area contributed by atoms with Crippen LogP contribution in [0.25, 0.3) is 5.57 Å². The number of hydrogen-bond acceptors (Lipinski definition) is 3. The van der Waals surface area contributed by atoms with E-state index in [1.54, 1.807) is 32.3 Å². The highest BCUT2D eigenvalue weighted by atomic mass is 79.9. The number of nitrogens with zero attached hydrogens (tertiary/aromatic N) is 1. The zero-order chi connectivity index (χ0) is 17.4. The lowest BCUT2D eigenvalue weighted by atomic mass is 9.89. The van der Waals surface area contributed by atoms with Gasteiger partial charge in [-0.15, -0.1) is 0 Å². The summed E-state index contributed by atoms with van der Waals surface area (Å²) in [5, 5.41) is 3.31. The van der Waals surface area contributed by atoms with Gasteiger partial charge in [0, 0.05) is 41.1 Å². The van der Waals surface area contributed by atoms with Crippen molar-refractivity contribution < 1.29 is 14.3 Å². The standard InChI is InChI=1S/C16H18BrClN2O3/c1-16(2)8-12(23-15(22)20(3)4)13(14(21)19-16)10-6-5-9(17)7-11(10)18/h5-7H,8H2,1-4H3,(H,19,21). The van der Waals surface area contributed by atoms with E-state index >= 15 is 0 Å². The van der Waals surface area contributed by atoms with Gasteiger partial charge in [0.2, 0.25) is 0 Å². The van der Waals surface area contributed by atoms with E-state index in [1.807, 2.05) is 13.8 Å². The fourth-order valence-corrected chi connectivity index (χ4v) is 3.05. The number of rotatable bonds is 2. The monoisotopic (exact) mass is 400 g/mol. The van der Waals surface area contributed by atoms with E-state index in [0.29, 0.717) is 22.8 Å². The van der Waals surface area contributed by atoms with Crippen LogP contribution in [0.2, 0.25) is 5.02 Å². The van der Waals surface area contributed by atoms with Crippen molar-refractivity contribution in [2.75, 3.05) is 14.1 Å². The van der Waals surface area contributed by atoms with Gasteiger partial charge in [-0.3, -0.25) is 4.79 Å². The largest absolute Gasteiger partial charge is 0.414 e. The molecule has 1 aromatic rings. The van der Waals surface area contributed by atoms with Crippen molar-refractivity contribution in [1.29, 1.82) is 0 Å². The molecule has 0 radical (unpaired) electrons. The molecule has 1 N–H and O–H groups in total. The minimum absolute atomic E-state index is 0.289. The molecule has 2 amide bonds. The lowest BCUT2D eigenvalue weighted by Gasteiger charge is -2.33. The Balaban J connectivity index is 2.57. The first-order valence-corrected chi connectivity index (χ1v) is 8.18. The fourth-order valence-electron chi connectivity index (χ4n) is 2.28. The molecule has 1 aliphatic heterocycles. The molecule has 0 aliphatic carbocycles. The molecular weight excluding hydrogens is 384 g/mol. The molecule has 1 aromatic carbocycles. The third-order valence-corrected chi connectivity index (χ3v) is 4.14. The second kappa shape index (κ2) is 6.53. The molecule has 2 rings (SSSR count). The molecule has 5 nitrogen and oxygen atoms in total. The molecule has 1 aliphatic rings. The van der Waals surface area contributed by atoms with Crippen molar-refractivity contribution in [2.24, 2.45) is 0 Å². The quantitative estimate of drug-likeness (QED) is 0.820. The van der Waals surface area contributed by atoms with Gasteiger partial charge in [0.15, 0.2) is 0 Å². The summed E-state index contributed by atoms with van der Waals surface area (Å²) in [7, 11) is 3.17. The number of carbonyl (C=O) groups excluding carboxylic acids is 2. The molecule has 7 heteroatoms. The summed E-state index contributed by atoms with van der Waals surface area (Å²) in [6.07, 6.45) is -0.142. The Morgan fingerprint density at radius 3 is 2.61 bits per heavy atom. The van der Waals surface area contributed by atoms with Gasteiger partial charge in [-0.25, -0.2) is 4.79 Å². The average molecular weight is 402 g/mol. The van der Waals surface area contributed by atoms with Crippen LogP contribution in [0.5, 0.6) is 0 Å².